The first kappa shape index (κ1) is 47.9. The van der Waals surface area contributed by atoms with Crippen LogP contribution < -0.4 is 4.90 Å². The number of fused-ring (bicyclic) bond motifs is 1. The van der Waals surface area contributed by atoms with Gasteiger partial charge in [-0.25, -0.2) is 8.42 Å². The number of para-hydroxylation sites is 1. The summed E-state index contributed by atoms with van der Waals surface area (Å²) in [5.74, 6) is -1.10. The molecule has 0 N–H and O–H groups in total. The molecule has 0 radical (unpaired) electrons. The van der Waals surface area contributed by atoms with Crippen molar-refractivity contribution in [3.05, 3.63) is 65.2 Å². The molecule has 308 valence electrons. The number of alkyl halides is 1. The van der Waals surface area contributed by atoms with Gasteiger partial charge in [0.05, 0.1) is 25.0 Å². The number of ether oxygens (including phenoxy) is 2. The molecule has 0 fully saturated rings. The summed E-state index contributed by atoms with van der Waals surface area (Å²) in [4.78, 5) is 26.5. The smallest absolute Gasteiger partial charge is 0.323 e. The number of esters is 2. The Morgan fingerprint density at radius 1 is 0.927 bits per heavy atom. The number of carbonyl (C=O) groups is 2. The van der Waals surface area contributed by atoms with Gasteiger partial charge in [-0.1, -0.05) is 90.5 Å². The Morgan fingerprint density at radius 2 is 1.53 bits per heavy atom. The third kappa shape index (κ3) is 14.7. The molecule has 0 aliphatic carbocycles. The van der Waals surface area contributed by atoms with Gasteiger partial charge in [-0.05, 0) is 81.7 Å². The van der Waals surface area contributed by atoms with Crippen LogP contribution >= 0.6 is 11.6 Å². The predicted molar refractivity (Wildman–Crippen MR) is 226 cm³/mol. The maximum absolute atomic E-state index is 12.1. The van der Waals surface area contributed by atoms with Gasteiger partial charge >= 0.3 is 11.9 Å². The highest BCUT2D eigenvalue weighted by molar-refractivity contribution is 7.87. The average molecular weight is 804 g/mol. The van der Waals surface area contributed by atoms with Gasteiger partial charge in [-0.2, -0.15) is 4.58 Å². The summed E-state index contributed by atoms with van der Waals surface area (Å²) in [7, 11) is -2.85. The lowest BCUT2D eigenvalue weighted by Gasteiger charge is -2.22. The number of anilines is 1. The van der Waals surface area contributed by atoms with E-state index in [1.807, 2.05) is 13.8 Å². The van der Waals surface area contributed by atoms with E-state index in [-0.39, 0.29) is 30.5 Å². The van der Waals surface area contributed by atoms with E-state index in [9.17, 15) is 22.6 Å². The van der Waals surface area contributed by atoms with Crippen molar-refractivity contribution < 1.29 is 36.6 Å². The van der Waals surface area contributed by atoms with Gasteiger partial charge in [0.25, 0.3) is 0 Å². The number of allylic oxidation sites excluding steroid dienone is 1. The largest absolute Gasteiger partial charge is 0.747 e. The van der Waals surface area contributed by atoms with Crippen LogP contribution in [0.15, 0.2) is 48.5 Å². The second-order valence-corrected chi connectivity index (χ2v) is 17.0. The molecule has 9 nitrogen and oxygen atoms in total. The molecule has 55 heavy (non-hydrogen) atoms. The van der Waals surface area contributed by atoms with E-state index in [0.29, 0.717) is 5.88 Å². The van der Waals surface area contributed by atoms with Crippen molar-refractivity contribution in [2.24, 2.45) is 11.8 Å². The average Bonchev–Trinajstić information content (AvgIpc) is 3.35. The fourth-order valence-corrected chi connectivity index (χ4v) is 7.75. The second-order valence-electron chi connectivity index (χ2n) is 15.1. The zero-order chi connectivity index (χ0) is 41.2. The van der Waals surface area contributed by atoms with Crippen LogP contribution in [0.5, 0.6) is 0 Å². The molecule has 0 bridgehead atoms. The van der Waals surface area contributed by atoms with Gasteiger partial charge < -0.3 is 18.9 Å². The minimum atomic E-state index is -5.01. The number of aryl methyl sites for hydroxylation is 1. The van der Waals surface area contributed by atoms with Crippen molar-refractivity contribution in [1.82, 2.24) is 0 Å². The van der Waals surface area contributed by atoms with Crippen molar-refractivity contribution in [3.63, 3.8) is 0 Å². The summed E-state index contributed by atoms with van der Waals surface area (Å²) in [5, 5.41) is -2.06. The molecular formula is C44H67ClN2O7S. The van der Waals surface area contributed by atoms with Crippen LogP contribution in [-0.2, 0) is 34.6 Å². The van der Waals surface area contributed by atoms with Crippen LogP contribution in [-0.4, -0.2) is 79.7 Å². The molecule has 2 aromatic rings. The zero-order valence-electron chi connectivity index (χ0n) is 34.9. The summed E-state index contributed by atoms with van der Waals surface area (Å²) >= 11 is 5.94. The number of halogens is 1. The van der Waals surface area contributed by atoms with Crippen LogP contribution in [0, 0.1) is 18.8 Å². The second kappa shape index (κ2) is 23.8. The fourth-order valence-electron chi connectivity index (χ4n) is 6.90. The Bertz CT molecular complexity index is 1690. The Hall–Kier alpha value is -3.21. The Labute approximate surface area is 337 Å². The third-order valence-corrected chi connectivity index (χ3v) is 11.9. The lowest BCUT2D eigenvalue weighted by molar-refractivity contribution is -0.401. The minimum absolute atomic E-state index is 0.00897. The van der Waals surface area contributed by atoms with Crippen LogP contribution in [0.4, 0.5) is 11.4 Å². The summed E-state index contributed by atoms with van der Waals surface area (Å²) in [6.07, 6.45) is 11.1. The molecule has 3 atom stereocenters. The molecule has 2 aromatic carbocycles. The Morgan fingerprint density at radius 3 is 2.04 bits per heavy atom. The fraction of sp³-hybridized carbons (Fsp3) is 0.614. The number of rotatable bonds is 22. The predicted octanol–water partition coefficient (Wildman–Crippen LogP) is 9.59. The maximum Gasteiger partial charge on any atom is 0.323 e. The topological polar surface area (TPSA) is 116 Å². The molecule has 0 saturated heterocycles. The summed E-state index contributed by atoms with van der Waals surface area (Å²) < 4.78 is 46.9. The molecule has 0 spiro atoms. The molecular weight excluding hydrogens is 736 g/mol. The minimum Gasteiger partial charge on any atom is -0.747 e. The quantitative estimate of drug-likeness (QED) is 0.0501. The third-order valence-electron chi connectivity index (χ3n) is 10.7. The van der Waals surface area contributed by atoms with Gasteiger partial charge in [-0.3, -0.25) is 9.59 Å². The number of unbranched alkanes of at least 4 members (excludes halogenated alkanes) is 2. The van der Waals surface area contributed by atoms with Crippen molar-refractivity contribution >= 4 is 56.8 Å². The van der Waals surface area contributed by atoms with E-state index in [2.05, 4.69) is 113 Å². The van der Waals surface area contributed by atoms with Crippen LogP contribution in [0.2, 0.25) is 0 Å². The molecule has 0 amide bonds. The highest BCUT2D eigenvalue weighted by Crippen LogP contribution is 2.39. The van der Waals surface area contributed by atoms with Gasteiger partial charge in [0.1, 0.15) is 17.2 Å². The normalized spacial score (nSPS) is 15.2. The van der Waals surface area contributed by atoms with E-state index in [1.165, 1.54) is 33.8 Å². The number of carbonyl (C=O) groups excluding carboxylic acids is 2. The molecule has 11 heteroatoms. The highest BCUT2D eigenvalue weighted by Gasteiger charge is 2.42. The standard InChI is InChI=1S/C24H30ClN2.C20H38O7S/c1-6-27(16-15-25)20-13-11-19(18(2)17-20)12-14-23-24(3,4)21-9-7-8-10-22(21)26(23)5;1-5-9-11-16(7-3)14-26-19(21)13-18(28(23,24)25)20(22)27-15-17(8-4)12-10-6-2/h7-14,17H,6,15-16H2,1-5H3;16-18H,5-15H2,1-4H3,(H,23,24,25)/q+1;/p-1. The molecule has 0 saturated carbocycles. The van der Waals surface area contributed by atoms with Crippen LogP contribution in [0.25, 0.3) is 6.08 Å². The highest BCUT2D eigenvalue weighted by atomic mass is 35.5. The van der Waals surface area contributed by atoms with Crippen molar-refractivity contribution in [2.45, 2.75) is 124 Å². The van der Waals surface area contributed by atoms with Gasteiger partial charge in [0, 0.05) is 42.4 Å². The summed E-state index contributed by atoms with van der Waals surface area (Å²) in [6.45, 7) is 19.1. The van der Waals surface area contributed by atoms with E-state index in [4.69, 9.17) is 21.1 Å². The number of nitrogens with zero attached hydrogens (tertiary/aromatic N) is 2. The lowest BCUT2D eigenvalue weighted by atomic mass is 9.81. The van der Waals surface area contributed by atoms with Crippen molar-refractivity contribution in [2.75, 3.05) is 44.1 Å². The molecule has 1 aliphatic heterocycles. The first-order chi connectivity index (χ1) is 26.1. The van der Waals surface area contributed by atoms with Crippen LogP contribution in [0.3, 0.4) is 0 Å². The first-order valence-corrected chi connectivity index (χ1v) is 22.2. The van der Waals surface area contributed by atoms with E-state index >= 15 is 0 Å². The summed E-state index contributed by atoms with van der Waals surface area (Å²) in [5.41, 5.74) is 7.81. The van der Waals surface area contributed by atoms with E-state index in [0.717, 1.165) is 64.5 Å². The van der Waals surface area contributed by atoms with E-state index < -0.39 is 33.7 Å². The molecule has 1 heterocycles. The maximum atomic E-state index is 12.1. The molecule has 0 aromatic heterocycles. The van der Waals surface area contributed by atoms with Gasteiger partial charge in [0.15, 0.2) is 11.0 Å². The Kier molecular flexibility index (Phi) is 20.7. The monoisotopic (exact) mass is 802 g/mol. The number of benzene rings is 2. The zero-order valence-corrected chi connectivity index (χ0v) is 36.4. The lowest BCUT2D eigenvalue weighted by Crippen LogP contribution is -2.35. The van der Waals surface area contributed by atoms with Crippen LogP contribution in [0.1, 0.15) is 123 Å². The molecule has 1 aliphatic rings. The van der Waals surface area contributed by atoms with E-state index in [1.54, 1.807) is 0 Å². The first-order valence-electron chi connectivity index (χ1n) is 20.2. The molecule has 3 unspecified atom stereocenters. The number of hydrogen-bond acceptors (Lipinski definition) is 8. The SMILES string of the molecule is CCCCC(CC)COC(=O)CC(C(=O)OCC(CC)CCCC)S(=O)(=O)[O-].CCN(CCCl)c1ccc(/C=C/C2=[N+](C)c3ccccc3C2(C)C)c(C)c1. The van der Waals surface area contributed by atoms with Crippen molar-refractivity contribution in [3.8, 4) is 0 Å². The number of hydrogen-bond donors (Lipinski definition) is 0. The molecule has 3 rings (SSSR count). The van der Waals surface area contributed by atoms with Crippen molar-refractivity contribution in [1.29, 1.82) is 0 Å². The Balaban J connectivity index is 0.000000380. The van der Waals surface area contributed by atoms with Gasteiger partial charge in [-0.15, -0.1) is 11.6 Å². The summed E-state index contributed by atoms with van der Waals surface area (Å²) in [6, 6.07) is 15.4. The van der Waals surface area contributed by atoms with Gasteiger partial charge in [0.2, 0.25) is 5.69 Å².